The van der Waals surface area contributed by atoms with E-state index in [0.29, 0.717) is 6.29 Å². The Kier molecular flexibility index (Phi) is 4.09. The van der Waals surface area contributed by atoms with Gasteiger partial charge in [0.05, 0.1) is 9.40 Å². The molecular weight excluding hydrogens is 333 g/mol. The van der Waals surface area contributed by atoms with E-state index >= 15 is 0 Å². The van der Waals surface area contributed by atoms with Crippen LogP contribution in [0.25, 0.3) is 0 Å². The van der Waals surface area contributed by atoms with E-state index in [1.165, 1.54) is 24.3 Å². The van der Waals surface area contributed by atoms with Gasteiger partial charge in [0, 0.05) is 17.7 Å². The quantitative estimate of drug-likeness (QED) is 0.477. The van der Waals surface area contributed by atoms with Gasteiger partial charge in [-0.05, 0) is 40.2 Å². The number of aldehydes is 1. The summed E-state index contributed by atoms with van der Waals surface area (Å²) in [6.45, 7) is 0. The van der Waals surface area contributed by atoms with Crippen LogP contribution < -0.4 is 4.74 Å². The predicted molar refractivity (Wildman–Crippen MR) is 72.7 cm³/mol. The Morgan fingerprint density at radius 3 is 2.60 bits per heavy atom. The van der Waals surface area contributed by atoms with Crippen molar-refractivity contribution in [3.05, 3.63) is 62.4 Å². The summed E-state index contributed by atoms with van der Waals surface area (Å²) in [5.74, 6) is -0.496. The van der Waals surface area contributed by atoms with Crippen LogP contribution in [0.2, 0.25) is 0 Å². The predicted octanol–water partition coefficient (Wildman–Crippen LogP) is 4.10. The van der Waals surface area contributed by atoms with Gasteiger partial charge >= 0.3 is 5.69 Å². The largest absolute Gasteiger partial charge is 0.450 e. The SMILES string of the molecule is O=Cc1ccc(Oc2ccc(Br)c(F)c2)c([N+](=O)[O-])c1. The highest BCUT2D eigenvalue weighted by atomic mass is 79.9. The summed E-state index contributed by atoms with van der Waals surface area (Å²) >= 11 is 2.99. The number of nitrogens with zero attached hydrogens (tertiary/aromatic N) is 1. The zero-order chi connectivity index (χ0) is 14.7. The molecule has 20 heavy (non-hydrogen) atoms. The number of benzene rings is 2. The molecule has 0 radical (unpaired) electrons. The molecule has 5 nitrogen and oxygen atoms in total. The average Bonchev–Trinajstić information content (AvgIpc) is 2.43. The van der Waals surface area contributed by atoms with E-state index in [4.69, 9.17) is 4.74 Å². The summed E-state index contributed by atoms with van der Waals surface area (Å²) in [7, 11) is 0. The highest BCUT2D eigenvalue weighted by molar-refractivity contribution is 9.10. The molecule has 0 bridgehead atoms. The molecule has 102 valence electrons. The molecule has 0 saturated carbocycles. The molecule has 0 amide bonds. The van der Waals surface area contributed by atoms with Crippen LogP contribution in [-0.2, 0) is 0 Å². The number of rotatable bonds is 4. The molecular formula is C13H7BrFNO4. The first-order chi connectivity index (χ1) is 9.51. The summed E-state index contributed by atoms with van der Waals surface area (Å²) < 4.78 is 18.9. The van der Waals surface area contributed by atoms with Crippen molar-refractivity contribution in [1.82, 2.24) is 0 Å². The van der Waals surface area contributed by atoms with Gasteiger partial charge in [0.15, 0.2) is 0 Å². The van der Waals surface area contributed by atoms with Crippen LogP contribution in [0.5, 0.6) is 11.5 Å². The van der Waals surface area contributed by atoms with Gasteiger partial charge in [0.2, 0.25) is 5.75 Å². The van der Waals surface area contributed by atoms with Gasteiger partial charge < -0.3 is 4.74 Å². The van der Waals surface area contributed by atoms with E-state index in [2.05, 4.69) is 15.9 Å². The van der Waals surface area contributed by atoms with Crippen molar-refractivity contribution in [2.24, 2.45) is 0 Å². The number of nitro benzene ring substituents is 1. The minimum atomic E-state index is -0.669. The van der Waals surface area contributed by atoms with Crippen LogP contribution in [0, 0.1) is 15.9 Å². The molecule has 2 aromatic carbocycles. The third-order valence-corrected chi connectivity index (χ3v) is 3.08. The van der Waals surface area contributed by atoms with Gasteiger partial charge in [-0.1, -0.05) is 0 Å². The van der Waals surface area contributed by atoms with E-state index < -0.39 is 10.7 Å². The van der Waals surface area contributed by atoms with E-state index in [1.54, 1.807) is 0 Å². The fraction of sp³-hybridized carbons (Fsp3) is 0. The second-order valence-electron chi connectivity index (χ2n) is 3.78. The minimum Gasteiger partial charge on any atom is -0.450 e. The topological polar surface area (TPSA) is 69.4 Å². The maximum Gasteiger partial charge on any atom is 0.312 e. The lowest BCUT2D eigenvalue weighted by Gasteiger charge is -2.07. The molecule has 2 aromatic rings. The summed E-state index contributed by atoms with van der Waals surface area (Å²) in [4.78, 5) is 20.9. The van der Waals surface area contributed by atoms with Crippen molar-refractivity contribution in [1.29, 1.82) is 0 Å². The number of carbonyl (C=O) groups is 1. The molecule has 0 fully saturated rings. The van der Waals surface area contributed by atoms with Crippen molar-refractivity contribution in [2.75, 3.05) is 0 Å². The molecule has 0 unspecified atom stereocenters. The van der Waals surface area contributed by atoms with E-state index in [0.717, 1.165) is 12.1 Å². The maximum atomic E-state index is 13.4. The zero-order valence-electron chi connectivity index (χ0n) is 9.88. The molecule has 2 rings (SSSR count). The lowest BCUT2D eigenvalue weighted by Crippen LogP contribution is -1.95. The van der Waals surface area contributed by atoms with Crippen LogP contribution in [-0.4, -0.2) is 11.2 Å². The molecule has 0 aromatic heterocycles. The van der Waals surface area contributed by atoms with Crippen LogP contribution in [0.4, 0.5) is 10.1 Å². The monoisotopic (exact) mass is 339 g/mol. The van der Waals surface area contributed by atoms with Gasteiger partial charge in [-0.25, -0.2) is 4.39 Å². The van der Waals surface area contributed by atoms with Crippen LogP contribution >= 0.6 is 15.9 Å². The Hall–Kier alpha value is -2.28. The Balaban J connectivity index is 2.39. The van der Waals surface area contributed by atoms with E-state index in [1.807, 2.05) is 0 Å². The first-order valence-electron chi connectivity index (χ1n) is 5.38. The van der Waals surface area contributed by atoms with Gasteiger partial charge in [-0.2, -0.15) is 0 Å². The first kappa shape index (κ1) is 14.1. The second-order valence-corrected chi connectivity index (χ2v) is 4.63. The van der Waals surface area contributed by atoms with Crippen LogP contribution in [0.15, 0.2) is 40.9 Å². The van der Waals surface area contributed by atoms with Crippen molar-refractivity contribution in [3.8, 4) is 11.5 Å². The third kappa shape index (κ3) is 3.00. The Labute approximate surface area is 121 Å². The highest BCUT2D eigenvalue weighted by Crippen LogP contribution is 2.33. The average molecular weight is 340 g/mol. The lowest BCUT2D eigenvalue weighted by atomic mass is 10.2. The first-order valence-corrected chi connectivity index (χ1v) is 6.17. The van der Waals surface area contributed by atoms with Gasteiger partial charge in [0.25, 0.3) is 0 Å². The van der Waals surface area contributed by atoms with Gasteiger partial charge in [-0.15, -0.1) is 0 Å². The maximum absolute atomic E-state index is 13.4. The number of ether oxygens (including phenoxy) is 1. The summed E-state index contributed by atoms with van der Waals surface area (Å²) in [6, 6.07) is 7.76. The fourth-order valence-corrected chi connectivity index (χ4v) is 1.75. The molecule has 7 heteroatoms. The summed E-state index contributed by atoms with van der Waals surface area (Å²) in [5.41, 5.74) is -0.205. The Morgan fingerprint density at radius 1 is 1.25 bits per heavy atom. The zero-order valence-corrected chi connectivity index (χ0v) is 11.5. The van der Waals surface area contributed by atoms with Gasteiger partial charge in [-0.3, -0.25) is 14.9 Å². The normalized spacial score (nSPS) is 10.1. The second kappa shape index (κ2) is 5.79. The van der Waals surface area contributed by atoms with Crippen molar-refractivity contribution >= 4 is 27.9 Å². The molecule has 0 heterocycles. The Bertz CT molecular complexity index is 690. The summed E-state index contributed by atoms with van der Waals surface area (Å²) in [5, 5.41) is 10.9. The molecule has 0 saturated heterocycles. The number of nitro groups is 1. The smallest absolute Gasteiger partial charge is 0.312 e. The van der Waals surface area contributed by atoms with Crippen LogP contribution in [0.3, 0.4) is 0 Å². The van der Waals surface area contributed by atoms with E-state index in [-0.39, 0.29) is 27.2 Å². The molecule has 0 N–H and O–H groups in total. The molecule has 0 aliphatic carbocycles. The van der Waals surface area contributed by atoms with Crippen molar-refractivity contribution in [3.63, 3.8) is 0 Å². The number of hydrogen-bond donors (Lipinski definition) is 0. The fourth-order valence-electron chi connectivity index (χ4n) is 1.50. The number of carbonyl (C=O) groups excluding carboxylic acids is 1. The number of hydrogen-bond acceptors (Lipinski definition) is 4. The Morgan fingerprint density at radius 2 is 2.00 bits per heavy atom. The van der Waals surface area contributed by atoms with Crippen molar-refractivity contribution in [2.45, 2.75) is 0 Å². The lowest BCUT2D eigenvalue weighted by molar-refractivity contribution is -0.385. The highest BCUT2D eigenvalue weighted by Gasteiger charge is 2.17. The standard InChI is InChI=1S/C13H7BrFNO4/c14-10-3-2-9(6-11(10)15)20-13-4-1-8(7-17)5-12(13)16(18)19/h1-7H. The van der Waals surface area contributed by atoms with Gasteiger partial charge in [0.1, 0.15) is 17.9 Å². The summed E-state index contributed by atoms with van der Waals surface area (Å²) in [6.07, 6.45) is 0.496. The van der Waals surface area contributed by atoms with Crippen LogP contribution in [0.1, 0.15) is 10.4 Å². The third-order valence-electron chi connectivity index (χ3n) is 2.43. The molecule has 0 spiro atoms. The molecule has 0 aliphatic rings. The number of halogens is 2. The molecule has 0 aliphatic heterocycles. The van der Waals surface area contributed by atoms with Crippen molar-refractivity contribution < 1.29 is 18.8 Å². The minimum absolute atomic E-state index is 0.0673. The molecule has 0 atom stereocenters. The van der Waals surface area contributed by atoms with E-state index in [9.17, 15) is 19.3 Å².